The summed E-state index contributed by atoms with van der Waals surface area (Å²) in [4.78, 5) is 0. The maximum Gasteiger partial charge on any atom is 0.166 e. The van der Waals surface area contributed by atoms with E-state index in [0.29, 0.717) is 5.11 Å². The number of hydrogen-bond acceptors (Lipinski definition) is 2. The fourth-order valence-corrected chi connectivity index (χ4v) is 1.94. The van der Waals surface area contributed by atoms with Crippen molar-refractivity contribution in [2.24, 2.45) is 0 Å². The number of rotatable bonds is 6. The fraction of sp³-hybridized carbons (Fsp3) is 0.500. The summed E-state index contributed by atoms with van der Waals surface area (Å²) < 4.78 is 18.5. The van der Waals surface area contributed by atoms with Gasteiger partial charge in [-0.05, 0) is 43.3 Å². The lowest BCUT2D eigenvalue weighted by atomic mass is 10.1. The molecule has 0 spiro atoms. The standard InChI is InChI=1S/C14H21FN2OS/c1-4-5-8-16-14(19)17-10(2)11-6-7-13(18-3)12(15)9-11/h6-7,9-10H,4-5,8H2,1-3H3,(H2,16,17,19)/t10-/m0/s1. The molecular weight excluding hydrogens is 263 g/mol. The molecule has 5 heteroatoms. The topological polar surface area (TPSA) is 33.3 Å². The number of unbranched alkanes of at least 4 members (excludes halogenated alkanes) is 1. The molecule has 0 amide bonds. The van der Waals surface area contributed by atoms with Crippen LogP contribution in [0.4, 0.5) is 4.39 Å². The zero-order valence-corrected chi connectivity index (χ0v) is 12.4. The van der Waals surface area contributed by atoms with Crippen LogP contribution < -0.4 is 15.4 Å². The molecule has 1 aromatic carbocycles. The third kappa shape index (κ3) is 5.03. The van der Waals surface area contributed by atoms with Gasteiger partial charge in [0.2, 0.25) is 0 Å². The lowest BCUT2D eigenvalue weighted by Crippen LogP contribution is -2.37. The van der Waals surface area contributed by atoms with Crippen LogP contribution in [0, 0.1) is 5.82 Å². The minimum absolute atomic E-state index is 0.0537. The van der Waals surface area contributed by atoms with Gasteiger partial charge in [0.15, 0.2) is 16.7 Å². The van der Waals surface area contributed by atoms with E-state index in [9.17, 15) is 4.39 Å². The van der Waals surface area contributed by atoms with E-state index in [1.807, 2.05) is 13.0 Å². The van der Waals surface area contributed by atoms with Gasteiger partial charge in [0, 0.05) is 6.54 Å². The predicted molar refractivity (Wildman–Crippen MR) is 80.0 cm³/mol. The second-order valence-electron chi connectivity index (χ2n) is 4.37. The zero-order chi connectivity index (χ0) is 14.3. The summed E-state index contributed by atoms with van der Waals surface area (Å²) in [6.45, 7) is 4.92. The van der Waals surface area contributed by atoms with Gasteiger partial charge in [0.05, 0.1) is 13.2 Å². The van der Waals surface area contributed by atoms with Crippen LogP contribution in [-0.4, -0.2) is 18.8 Å². The van der Waals surface area contributed by atoms with Crippen LogP contribution in [0.3, 0.4) is 0 Å². The molecule has 0 heterocycles. The Labute approximate surface area is 119 Å². The van der Waals surface area contributed by atoms with Crippen molar-refractivity contribution < 1.29 is 9.13 Å². The largest absolute Gasteiger partial charge is 0.494 e. The molecule has 106 valence electrons. The predicted octanol–water partition coefficient (Wildman–Crippen LogP) is 3.16. The Morgan fingerprint density at radius 2 is 2.21 bits per heavy atom. The highest BCUT2D eigenvalue weighted by atomic mass is 32.1. The van der Waals surface area contributed by atoms with Crippen molar-refractivity contribution in [3.8, 4) is 5.75 Å². The van der Waals surface area contributed by atoms with E-state index in [1.165, 1.54) is 13.2 Å². The van der Waals surface area contributed by atoms with Crippen molar-refractivity contribution in [2.75, 3.05) is 13.7 Å². The normalized spacial score (nSPS) is 11.8. The van der Waals surface area contributed by atoms with Crippen LogP contribution in [0.15, 0.2) is 18.2 Å². The summed E-state index contributed by atoms with van der Waals surface area (Å²) >= 11 is 5.18. The van der Waals surface area contributed by atoms with E-state index >= 15 is 0 Å². The highest BCUT2D eigenvalue weighted by Gasteiger charge is 2.10. The van der Waals surface area contributed by atoms with Gasteiger partial charge in [0.25, 0.3) is 0 Å². The van der Waals surface area contributed by atoms with Gasteiger partial charge >= 0.3 is 0 Å². The molecule has 3 nitrogen and oxygen atoms in total. The smallest absolute Gasteiger partial charge is 0.166 e. The summed E-state index contributed by atoms with van der Waals surface area (Å²) in [5.41, 5.74) is 0.831. The van der Waals surface area contributed by atoms with E-state index in [1.54, 1.807) is 6.07 Å². The van der Waals surface area contributed by atoms with Crippen molar-refractivity contribution in [1.29, 1.82) is 0 Å². The Morgan fingerprint density at radius 1 is 1.47 bits per heavy atom. The van der Waals surface area contributed by atoms with Crippen molar-refractivity contribution in [3.05, 3.63) is 29.6 Å². The van der Waals surface area contributed by atoms with Gasteiger partial charge in [-0.3, -0.25) is 0 Å². The first-order valence-corrected chi connectivity index (χ1v) is 6.87. The lowest BCUT2D eigenvalue weighted by Gasteiger charge is -2.17. The first-order valence-electron chi connectivity index (χ1n) is 6.46. The average molecular weight is 284 g/mol. The minimum Gasteiger partial charge on any atom is -0.494 e. The first-order chi connectivity index (χ1) is 9.08. The molecule has 0 aliphatic rings. The molecule has 1 rings (SSSR count). The summed E-state index contributed by atoms with van der Waals surface area (Å²) in [6, 6.07) is 4.86. The molecule has 0 aliphatic carbocycles. The van der Waals surface area contributed by atoms with Crippen molar-refractivity contribution in [2.45, 2.75) is 32.7 Å². The van der Waals surface area contributed by atoms with Crippen LogP contribution in [0.5, 0.6) is 5.75 Å². The van der Waals surface area contributed by atoms with Crippen LogP contribution in [0.2, 0.25) is 0 Å². The molecule has 0 saturated carbocycles. The second-order valence-corrected chi connectivity index (χ2v) is 4.78. The van der Waals surface area contributed by atoms with Gasteiger partial charge in [-0.15, -0.1) is 0 Å². The lowest BCUT2D eigenvalue weighted by molar-refractivity contribution is 0.386. The third-order valence-corrected chi connectivity index (χ3v) is 3.10. The number of hydrogen-bond donors (Lipinski definition) is 2. The third-order valence-electron chi connectivity index (χ3n) is 2.84. The van der Waals surface area contributed by atoms with E-state index in [2.05, 4.69) is 17.6 Å². The van der Waals surface area contributed by atoms with E-state index in [4.69, 9.17) is 17.0 Å². The van der Waals surface area contributed by atoms with Gasteiger partial charge in [-0.25, -0.2) is 4.39 Å². The Morgan fingerprint density at radius 3 is 2.79 bits per heavy atom. The van der Waals surface area contributed by atoms with Crippen LogP contribution in [0.25, 0.3) is 0 Å². The average Bonchev–Trinajstić information content (AvgIpc) is 2.38. The number of ether oxygens (including phenoxy) is 1. The molecule has 0 aromatic heterocycles. The van der Waals surface area contributed by atoms with Gasteiger partial charge in [0.1, 0.15) is 0 Å². The van der Waals surface area contributed by atoms with Crippen molar-refractivity contribution in [3.63, 3.8) is 0 Å². The highest BCUT2D eigenvalue weighted by Crippen LogP contribution is 2.21. The van der Waals surface area contributed by atoms with E-state index in [-0.39, 0.29) is 17.6 Å². The second kappa shape index (κ2) is 7.94. The molecule has 0 bridgehead atoms. The molecular formula is C14H21FN2OS. The Hall–Kier alpha value is -1.36. The zero-order valence-electron chi connectivity index (χ0n) is 11.6. The molecule has 2 N–H and O–H groups in total. The number of methoxy groups -OCH3 is 1. The van der Waals surface area contributed by atoms with Gasteiger partial charge in [-0.2, -0.15) is 0 Å². The fourth-order valence-electron chi connectivity index (χ4n) is 1.66. The molecule has 19 heavy (non-hydrogen) atoms. The van der Waals surface area contributed by atoms with Crippen LogP contribution in [0.1, 0.15) is 38.3 Å². The molecule has 0 unspecified atom stereocenters. The summed E-state index contributed by atoms with van der Waals surface area (Å²) in [7, 11) is 1.45. The van der Waals surface area contributed by atoms with E-state index < -0.39 is 0 Å². The van der Waals surface area contributed by atoms with E-state index in [0.717, 1.165) is 24.9 Å². The molecule has 0 fully saturated rings. The van der Waals surface area contributed by atoms with Crippen molar-refractivity contribution in [1.82, 2.24) is 10.6 Å². The summed E-state index contributed by atoms with van der Waals surface area (Å²) in [5.74, 6) is -0.113. The molecule has 0 saturated heterocycles. The molecule has 1 aromatic rings. The monoisotopic (exact) mass is 284 g/mol. The number of halogens is 1. The first kappa shape index (κ1) is 15.7. The maximum absolute atomic E-state index is 13.6. The summed E-state index contributed by atoms with van der Waals surface area (Å²) in [5, 5.41) is 6.85. The molecule has 0 aliphatic heterocycles. The highest BCUT2D eigenvalue weighted by molar-refractivity contribution is 7.80. The Bertz CT molecular complexity index is 426. The van der Waals surface area contributed by atoms with Gasteiger partial charge in [-0.1, -0.05) is 19.4 Å². The Balaban J connectivity index is 2.55. The van der Waals surface area contributed by atoms with Crippen LogP contribution >= 0.6 is 12.2 Å². The minimum atomic E-state index is -0.362. The quantitative estimate of drug-likeness (QED) is 0.621. The van der Waals surface area contributed by atoms with Gasteiger partial charge < -0.3 is 15.4 Å². The molecule has 0 radical (unpaired) electrons. The van der Waals surface area contributed by atoms with Crippen LogP contribution in [-0.2, 0) is 0 Å². The number of benzene rings is 1. The van der Waals surface area contributed by atoms with Crippen molar-refractivity contribution >= 4 is 17.3 Å². The molecule has 1 atom stereocenters. The maximum atomic E-state index is 13.6. The SMILES string of the molecule is CCCCNC(=S)N[C@@H](C)c1ccc(OC)c(F)c1. The Kier molecular flexibility index (Phi) is 6.56. The number of thiocarbonyl (C=S) groups is 1. The summed E-state index contributed by atoms with van der Waals surface area (Å²) in [6.07, 6.45) is 2.20. The number of nitrogens with one attached hydrogen (secondary N) is 2.